The van der Waals surface area contributed by atoms with E-state index in [1.807, 2.05) is 0 Å². The van der Waals surface area contributed by atoms with Crippen molar-refractivity contribution in [1.82, 2.24) is 10.5 Å². The van der Waals surface area contributed by atoms with Crippen molar-refractivity contribution < 1.29 is 9.32 Å². The van der Waals surface area contributed by atoms with Gasteiger partial charge < -0.3 is 9.84 Å². The molecule has 0 aliphatic heterocycles. The molecule has 0 unspecified atom stereocenters. The number of carbonyl (C=O) groups excluding carboxylic acids is 1. The second kappa shape index (κ2) is 8.05. The summed E-state index contributed by atoms with van der Waals surface area (Å²) in [6.45, 7) is 0.625. The molecule has 0 fully saturated rings. The average molecular weight is 327 g/mol. The second-order valence-electron chi connectivity index (χ2n) is 4.69. The Labute approximate surface area is 133 Å². The second-order valence-corrected chi connectivity index (χ2v) is 5.50. The average Bonchev–Trinajstić information content (AvgIpc) is 2.96. The fourth-order valence-corrected chi connectivity index (χ4v) is 2.55. The maximum absolute atomic E-state index is 11.8. The van der Waals surface area contributed by atoms with Crippen LogP contribution in [0, 0.1) is 0 Å². The van der Waals surface area contributed by atoms with E-state index in [0.717, 1.165) is 24.0 Å². The predicted molar refractivity (Wildman–Crippen MR) is 82.6 cm³/mol. The minimum absolute atomic E-state index is 0.00342. The zero-order valence-corrected chi connectivity index (χ0v) is 13.0. The van der Waals surface area contributed by atoms with E-state index < -0.39 is 0 Å². The van der Waals surface area contributed by atoms with E-state index in [-0.39, 0.29) is 5.91 Å². The lowest BCUT2D eigenvalue weighted by molar-refractivity contribution is -0.121. The van der Waals surface area contributed by atoms with Gasteiger partial charge in [0, 0.05) is 28.6 Å². The molecule has 1 amide bonds. The van der Waals surface area contributed by atoms with Crippen LogP contribution in [0.4, 0.5) is 0 Å². The van der Waals surface area contributed by atoms with Gasteiger partial charge in [0.15, 0.2) is 0 Å². The molecule has 1 heterocycles. The molecule has 0 bridgehead atoms. The fourth-order valence-electron chi connectivity index (χ4n) is 1.97. The maximum Gasteiger partial charge on any atom is 0.220 e. The molecule has 2 aromatic rings. The summed E-state index contributed by atoms with van der Waals surface area (Å²) in [5.41, 5.74) is 1.85. The predicted octanol–water partition coefficient (Wildman–Crippen LogP) is 3.66. The molecule has 0 radical (unpaired) electrons. The third-order valence-electron chi connectivity index (χ3n) is 3.11. The highest BCUT2D eigenvalue weighted by Crippen LogP contribution is 2.25. The van der Waals surface area contributed by atoms with Crippen molar-refractivity contribution in [3.63, 3.8) is 0 Å². The van der Waals surface area contributed by atoms with Crippen LogP contribution in [0.2, 0.25) is 10.0 Å². The highest BCUT2D eigenvalue weighted by molar-refractivity contribution is 6.36. The van der Waals surface area contributed by atoms with Crippen molar-refractivity contribution >= 4 is 29.1 Å². The monoisotopic (exact) mass is 326 g/mol. The molecule has 4 nitrogen and oxygen atoms in total. The molecule has 0 saturated carbocycles. The number of rotatable bonds is 7. The summed E-state index contributed by atoms with van der Waals surface area (Å²) >= 11 is 12.1. The van der Waals surface area contributed by atoms with E-state index in [2.05, 4.69) is 10.5 Å². The molecule has 0 aliphatic carbocycles. The molecule has 21 heavy (non-hydrogen) atoms. The number of amides is 1. The Bertz CT molecular complexity index is 565. The SMILES string of the molecule is O=C(CCc1c(Cl)cccc1Cl)NCCCc1cnoc1. The van der Waals surface area contributed by atoms with Crippen molar-refractivity contribution in [3.05, 3.63) is 51.8 Å². The summed E-state index contributed by atoms with van der Waals surface area (Å²) in [7, 11) is 0. The lowest BCUT2D eigenvalue weighted by atomic mass is 10.1. The van der Waals surface area contributed by atoms with Crippen LogP contribution in [0.3, 0.4) is 0 Å². The number of halogens is 2. The van der Waals surface area contributed by atoms with E-state index in [9.17, 15) is 4.79 Å². The zero-order chi connectivity index (χ0) is 15.1. The summed E-state index contributed by atoms with van der Waals surface area (Å²) < 4.78 is 4.74. The molecule has 0 spiro atoms. The van der Waals surface area contributed by atoms with Crippen LogP contribution in [0.5, 0.6) is 0 Å². The normalized spacial score (nSPS) is 10.6. The Morgan fingerprint density at radius 3 is 2.67 bits per heavy atom. The molecular formula is C15H16Cl2N2O2. The van der Waals surface area contributed by atoms with Gasteiger partial charge in [-0.3, -0.25) is 4.79 Å². The van der Waals surface area contributed by atoms with E-state index in [0.29, 0.717) is 29.4 Å². The third-order valence-corrected chi connectivity index (χ3v) is 3.82. The van der Waals surface area contributed by atoms with Gasteiger partial charge in [0.05, 0.1) is 6.20 Å². The summed E-state index contributed by atoms with van der Waals surface area (Å²) in [6, 6.07) is 5.35. The number of nitrogens with one attached hydrogen (secondary N) is 1. The number of carbonyl (C=O) groups is 1. The van der Waals surface area contributed by atoms with Gasteiger partial charge in [0.25, 0.3) is 0 Å². The van der Waals surface area contributed by atoms with Crippen molar-refractivity contribution in [1.29, 1.82) is 0 Å². The van der Waals surface area contributed by atoms with E-state index >= 15 is 0 Å². The number of hydrogen-bond acceptors (Lipinski definition) is 3. The first kappa shape index (κ1) is 15.9. The first-order chi connectivity index (χ1) is 10.2. The maximum atomic E-state index is 11.8. The van der Waals surface area contributed by atoms with Crippen LogP contribution in [-0.2, 0) is 17.6 Å². The molecule has 1 aromatic heterocycles. The fraction of sp³-hybridized carbons (Fsp3) is 0.333. The summed E-state index contributed by atoms with van der Waals surface area (Å²) in [6.07, 6.45) is 5.88. The van der Waals surface area contributed by atoms with E-state index in [1.165, 1.54) is 0 Å². The summed E-state index contributed by atoms with van der Waals surface area (Å²) in [5, 5.41) is 7.71. The minimum atomic E-state index is -0.00342. The van der Waals surface area contributed by atoms with Gasteiger partial charge in [-0.25, -0.2) is 0 Å². The number of benzene rings is 1. The highest BCUT2D eigenvalue weighted by Gasteiger charge is 2.08. The summed E-state index contributed by atoms with van der Waals surface area (Å²) in [5.74, 6) is -0.00342. The van der Waals surface area contributed by atoms with Gasteiger partial charge in [-0.05, 0) is 37.0 Å². The number of aryl methyl sites for hydroxylation is 1. The molecule has 1 N–H and O–H groups in total. The van der Waals surface area contributed by atoms with Crippen LogP contribution in [0.25, 0.3) is 0 Å². The zero-order valence-electron chi connectivity index (χ0n) is 11.4. The molecule has 0 aliphatic rings. The van der Waals surface area contributed by atoms with Crippen LogP contribution in [-0.4, -0.2) is 17.6 Å². The van der Waals surface area contributed by atoms with Gasteiger partial charge in [0.2, 0.25) is 5.91 Å². The lowest BCUT2D eigenvalue weighted by Gasteiger charge is -2.07. The van der Waals surface area contributed by atoms with Crippen molar-refractivity contribution in [2.24, 2.45) is 0 Å². The van der Waals surface area contributed by atoms with Crippen LogP contribution in [0.1, 0.15) is 24.0 Å². The largest absolute Gasteiger partial charge is 0.364 e. The van der Waals surface area contributed by atoms with Crippen LogP contribution in [0.15, 0.2) is 35.2 Å². The molecule has 112 valence electrons. The van der Waals surface area contributed by atoms with Crippen LogP contribution < -0.4 is 5.32 Å². The number of hydrogen-bond donors (Lipinski definition) is 1. The van der Waals surface area contributed by atoms with Gasteiger partial charge in [-0.15, -0.1) is 0 Å². The molecule has 6 heteroatoms. The minimum Gasteiger partial charge on any atom is -0.364 e. The first-order valence-corrected chi connectivity index (χ1v) is 7.50. The topological polar surface area (TPSA) is 55.1 Å². The van der Waals surface area contributed by atoms with Gasteiger partial charge >= 0.3 is 0 Å². The Morgan fingerprint density at radius 2 is 2.00 bits per heavy atom. The highest BCUT2D eigenvalue weighted by atomic mass is 35.5. The Morgan fingerprint density at radius 1 is 1.24 bits per heavy atom. The Balaban J connectivity index is 1.68. The Kier molecular flexibility index (Phi) is 6.08. The molecule has 2 rings (SSSR count). The van der Waals surface area contributed by atoms with Gasteiger partial charge in [0.1, 0.15) is 6.26 Å². The molecule has 0 saturated heterocycles. The van der Waals surface area contributed by atoms with Gasteiger partial charge in [-0.2, -0.15) is 0 Å². The summed E-state index contributed by atoms with van der Waals surface area (Å²) in [4.78, 5) is 11.8. The standard InChI is InChI=1S/C15H16Cl2N2O2/c16-13-4-1-5-14(17)12(13)6-7-15(20)18-8-2-3-11-9-19-21-10-11/h1,4-5,9-10H,2-3,6-8H2,(H,18,20). The smallest absolute Gasteiger partial charge is 0.220 e. The van der Waals surface area contributed by atoms with Crippen molar-refractivity contribution in [3.8, 4) is 0 Å². The van der Waals surface area contributed by atoms with E-state index in [1.54, 1.807) is 30.7 Å². The number of aromatic nitrogens is 1. The van der Waals surface area contributed by atoms with Crippen LogP contribution >= 0.6 is 23.2 Å². The first-order valence-electron chi connectivity index (χ1n) is 6.74. The van der Waals surface area contributed by atoms with Crippen molar-refractivity contribution in [2.45, 2.75) is 25.7 Å². The quantitative estimate of drug-likeness (QED) is 0.790. The third kappa shape index (κ3) is 5.06. The van der Waals surface area contributed by atoms with E-state index in [4.69, 9.17) is 27.7 Å². The molecular weight excluding hydrogens is 311 g/mol. The van der Waals surface area contributed by atoms with Gasteiger partial charge in [-0.1, -0.05) is 34.4 Å². The Hall–Kier alpha value is -1.52. The molecule has 0 atom stereocenters. The molecule has 1 aromatic carbocycles. The van der Waals surface area contributed by atoms with Crippen molar-refractivity contribution in [2.75, 3.05) is 6.54 Å². The lowest BCUT2D eigenvalue weighted by Crippen LogP contribution is -2.25. The number of nitrogens with zero attached hydrogens (tertiary/aromatic N) is 1.